The van der Waals surface area contributed by atoms with E-state index in [1.165, 1.54) is 16.8 Å². The molecule has 1 N–H and O–H groups in total. The molecule has 0 atom stereocenters. The smallest absolute Gasteiger partial charge is 0.341 e. The lowest BCUT2D eigenvalue weighted by Gasteiger charge is -2.08. The van der Waals surface area contributed by atoms with E-state index in [0.717, 1.165) is 0 Å². The number of hydrogen-bond acceptors (Lipinski definition) is 6. The van der Waals surface area contributed by atoms with Crippen molar-refractivity contribution in [2.24, 2.45) is 0 Å². The summed E-state index contributed by atoms with van der Waals surface area (Å²) in [6.45, 7) is 1.96. The van der Waals surface area contributed by atoms with Crippen LogP contribution >= 0.6 is 0 Å². The average Bonchev–Trinajstić information content (AvgIpc) is 2.65. The van der Waals surface area contributed by atoms with Crippen LogP contribution in [0.1, 0.15) is 12.6 Å². The van der Waals surface area contributed by atoms with E-state index in [9.17, 15) is 9.59 Å². The second kappa shape index (κ2) is 7.39. The summed E-state index contributed by atoms with van der Waals surface area (Å²) < 4.78 is 6.48. The van der Waals surface area contributed by atoms with Gasteiger partial charge in [-0.2, -0.15) is 0 Å². The van der Waals surface area contributed by atoms with Crippen LogP contribution in [0.4, 0.5) is 5.69 Å². The monoisotopic (exact) mass is 336 g/mol. The molecule has 126 valence electrons. The molecule has 7 nitrogen and oxygen atoms in total. The molecule has 7 heteroatoms. The van der Waals surface area contributed by atoms with Crippen molar-refractivity contribution in [2.75, 3.05) is 11.9 Å². The first-order chi connectivity index (χ1) is 12.2. The highest BCUT2D eigenvalue weighted by molar-refractivity contribution is 6.16. The summed E-state index contributed by atoms with van der Waals surface area (Å²) in [5, 5.41) is 2.84. The molecule has 0 spiro atoms. The van der Waals surface area contributed by atoms with Gasteiger partial charge in [-0.05, 0) is 31.2 Å². The zero-order valence-corrected chi connectivity index (χ0v) is 13.5. The van der Waals surface area contributed by atoms with Crippen LogP contribution in [-0.4, -0.2) is 26.9 Å². The summed E-state index contributed by atoms with van der Waals surface area (Å²) in [4.78, 5) is 33.0. The fourth-order valence-corrected chi connectivity index (χ4v) is 2.24. The molecular formula is C18H16N4O3. The molecule has 0 radical (unpaired) electrons. The Balaban J connectivity index is 1.98. The summed E-state index contributed by atoms with van der Waals surface area (Å²) in [5.41, 5.74) is 1.17. The number of nitrogens with one attached hydrogen (secondary N) is 1. The number of anilines is 1. The first kappa shape index (κ1) is 16.4. The van der Waals surface area contributed by atoms with Crippen LogP contribution in [0, 0.1) is 0 Å². The van der Waals surface area contributed by atoms with Crippen molar-refractivity contribution in [3.8, 4) is 0 Å². The van der Waals surface area contributed by atoms with E-state index in [4.69, 9.17) is 4.74 Å². The quantitative estimate of drug-likeness (QED) is 0.567. The first-order valence-electron chi connectivity index (χ1n) is 7.72. The van der Waals surface area contributed by atoms with Crippen molar-refractivity contribution in [3.05, 3.63) is 77.2 Å². The molecule has 3 aromatic rings. The number of fused-ring (bicyclic) bond motifs is 1. The van der Waals surface area contributed by atoms with E-state index in [0.29, 0.717) is 11.3 Å². The number of rotatable bonds is 5. The van der Waals surface area contributed by atoms with Gasteiger partial charge < -0.3 is 10.1 Å². The predicted molar refractivity (Wildman–Crippen MR) is 93.9 cm³/mol. The molecule has 3 heterocycles. The molecule has 0 aliphatic heterocycles. The third-order valence-electron chi connectivity index (χ3n) is 3.42. The fourth-order valence-electron chi connectivity index (χ4n) is 2.24. The van der Waals surface area contributed by atoms with Gasteiger partial charge in [0, 0.05) is 18.6 Å². The Morgan fingerprint density at radius 1 is 1.24 bits per heavy atom. The molecule has 0 bridgehead atoms. The Kier molecular flexibility index (Phi) is 4.84. The third-order valence-corrected chi connectivity index (χ3v) is 3.42. The second-order valence-electron chi connectivity index (χ2n) is 5.04. The maximum Gasteiger partial charge on any atom is 0.341 e. The van der Waals surface area contributed by atoms with Crippen LogP contribution < -0.4 is 10.9 Å². The van der Waals surface area contributed by atoms with Gasteiger partial charge in [0.1, 0.15) is 16.9 Å². The number of carbonyl (C=O) groups excluding carboxylic acids is 1. The number of ether oxygens (including phenoxy) is 1. The van der Waals surface area contributed by atoms with E-state index in [1.54, 1.807) is 55.7 Å². The number of pyridine rings is 2. The zero-order valence-electron chi connectivity index (χ0n) is 13.5. The Hall–Kier alpha value is -3.48. The Morgan fingerprint density at radius 2 is 2.08 bits per heavy atom. The highest BCUT2D eigenvalue weighted by atomic mass is 16.5. The lowest BCUT2D eigenvalue weighted by molar-refractivity contribution is -0.136. The van der Waals surface area contributed by atoms with Crippen LogP contribution in [-0.2, 0) is 9.53 Å². The van der Waals surface area contributed by atoms with Gasteiger partial charge in [-0.25, -0.2) is 9.78 Å². The second-order valence-corrected chi connectivity index (χ2v) is 5.04. The Morgan fingerprint density at radius 3 is 2.84 bits per heavy atom. The Labute approximate surface area is 143 Å². The minimum atomic E-state index is -0.525. The van der Waals surface area contributed by atoms with E-state index >= 15 is 0 Å². The SMILES string of the molecule is CCOC(=O)/C(=C\Nc1cnc2ccccn2c1=O)c1ccccn1. The topological polar surface area (TPSA) is 85.6 Å². The van der Waals surface area contributed by atoms with Gasteiger partial charge >= 0.3 is 5.97 Å². The van der Waals surface area contributed by atoms with Gasteiger partial charge in [-0.1, -0.05) is 12.1 Å². The fraction of sp³-hybridized carbons (Fsp3) is 0.111. The van der Waals surface area contributed by atoms with E-state index < -0.39 is 5.97 Å². The molecule has 0 saturated carbocycles. The first-order valence-corrected chi connectivity index (χ1v) is 7.72. The van der Waals surface area contributed by atoms with E-state index in [-0.39, 0.29) is 23.4 Å². The average molecular weight is 336 g/mol. The normalized spacial score (nSPS) is 11.3. The molecule has 0 fully saturated rings. The van der Waals surface area contributed by atoms with E-state index in [2.05, 4.69) is 15.3 Å². The van der Waals surface area contributed by atoms with Crippen LogP contribution in [0.3, 0.4) is 0 Å². The summed E-state index contributed by atoms with van der Waals surface area (Å²) in [6, 6.07) is 10.5. The van der Waals surface area contributed by atoms with Gasteiger partial charge in [0.05, 0.1) is 18.5 Å². The predicted octanol–water partition coefficient (Wildman–Crippen LogP) is 2.11. The number of esters is 1. The molecule has 0 unspecified atom stereocenters. The molecule has 0 aliphatic rings. The zero-order chi connectivity index (χ0) is 17.6. The molecule has 25 heavy (non-hydrogen) atoms. The lowest BCUT2D eigenvalue weighted by Crippen LogP contribution is -2.18. The molecule has 3 aromatic heterocycles. The molecule has 0 aromatic carbocycles. The van der Waals surface area contributed by atoms with Gasteiger partial charge in [-0.15, -0.1) is 0 Å². The molecule has 0 saturated heterocycles. The summed E-state index contributed by atoms with van der Waals surface area (Å²) in [5.74, 6) is -0.525. The van der Waals surface area contributed by atoms with Gasteiger partial charge in [0.2, 0.25) is 0 Å². The lowest BCUT2D eigenvalue weighted by atomic mass is 10.2. The van der Waals surface area contributed by atoms with Crippen LogP contribution in [0.2, 0.25) is 0 Å². The van der Waals surface area contributed by atoms with Crippen molar-refractivity contribution >= 4 is 22.9 Å². The van der Waals surface area contributed by atoms with Crippen LogP contribution in [0.15, 0.2) is 66.0 Å². The number of hydrogen-bond donors (Lipinski definition) is 1. The minimum absolute atomic E-state index is 0.222. The maximum absolute atomic E-state index is 12.5. The van der Waals surface area contributed by atoms with Gasteiger partial charge in [-0.3, -0.25) is 14.2 Å². The van der Waals surface area contributed by atoms with Gasteiger partial charge in [0.25, 0.3) is 5.56 Å². The highest BCUT2D eigenvalue weighted by Gasteiger charge is 2.14. The van der Waals surface area contributed by atoms with Crippen molar-refractivity contribution in [3.63, 3.8) is 0 Å². The summed E-state index contributed by atoms with van der Waals surface area (Å²) in [7, 11) is 0. The van der Waals surface area contributed by atoms with E-state index in [1.807, 2.05) is 0 Å². The minimum Gasteiger partial charge on any atom is -0.462 e. The maximum atomic E-state index is 12.5. The van der Waals surface area contributed by atoms with Gasteiger partial charge in [0.15, 0.2) is 0 Å². The third kappa shape index (κ3) is 3.55. The largest absolute Gasteiger partial charge is 0.462 e. The van der Waals surface area contributed by atoms with Crippen molar-refractivity contribution in [1.29, 1.82) is 0 Å². The van der Waals surface area contributed by atoms with Crippen molar-refractivity contribution < 1.29 is 9.53 Å². The summed E-state index contributed by atoms with van der Waals surface area (Å²) >= 11 is 0. The van der Waals surface area contributed by atoms with Crippen LogP contribution in [0.25, 0.3) is 11.2 Å². The van der Waals surface area contributed by atoms with Crippen molar-refractivity contribution in [1.82, 2.24) is 14.4 Å². The standard InChI is InChI=1S/C18H16N4O3/c1-2-25-18(24)13(14-7-3-5-9-19-14)11-20-15-12-21-16-8-4-6-10-22(16)17(15)23/h3-12,20H,2H2,1H3/b13-11-. The summed E-state index contributed by atoms with van der Waals surface area (Å²) in [6.07, 6.45) is 6.04. The number of aromatic nitrogens is 3. The molecule has 0 amide bonds. The molecule has 3 rings (SSSR count). The Bertz CT molecular complexity index is 980. The van der Waals surface area contributed by atoms with Crippen molar-refractivity contribution in [2.45, 2.75) is 6.92 Å². The number of nitrogens with zero attached hydrogens (tertiary/aromatic N) is 3. The number of carbonyl (C=O) groups is 1. The molecular weight excluding hydrogens is 320 g/mol. The van der Waals surface area contributed by atoms with Crippen LogP contribution in [0.5, 0.6) is 0 Å². The highest BCUT2D eigenvalue weighted by Crippen LogP contribution is 2.14. The molecule has 0 aliphatic carbocycles.